The molecule has 2 atom stereocenters. The molecule has 182 valence electrons. The van der Waals surface area contributed by atoms with Crippen LogP contribution in [0.15, 0.2) is 48.5 Å². The molecule has 0 aromatic heterocycles. The Balaban J connectivity index is 2.29. The number of alkyl halides is 3. The summed E-state index contributed by atoms with van der Waals surface area (Å²) in [6, 6.07) is 7.58. The number of carbonyl (C=O) groups is 3. The molecule has 2 rings (SSSR count). The topological polar surface area (TPSA) is 125 Å². The number of amides is 1. The number of ether oxygens (including phenoxy) is 2. The Labute approximate surface area is 192 Å². The van der Waals surface area contributed by atoms with Crippen LogP contribution in [-0.2, 0) is 36.5 Å². The van der Waals surface area contributed by atoms with Crippen LogP contribution < -0.4 is 5.32 Å². The van der Waals surface area contributed by atoms with E-state index in [1.807, 2.05) is 0 Å². The highest BCUT2D eigenvalue weighted by molar-refractivity contribution is 5.87. The average Bonchev–Trinajstić information content (AvgIpc) is 2.80. The van der Waals surface area contributed by atoms with Gasteiger partial charge in [-0.15, -0.1) is 0 Å². The van der Waals surface area contributed by atoms with Crippen molar-refractivity contribution in [2.45, 2.75) is 31.0 Å². The van der Waals surface area contributed by atoms with Crippen molar-refractivity contribution in [1.29, 1.82) is 0 Å². The molecular weight excluding hydrogens is 461 g/mol. The van der Waals surface area contributed by atoms with E-state index in [1.165, 1.54) is 24.3 Å². The number of nitro benzene ring substituents is 1. The molecule has 2 aromatic carbocycles. The summed E-state index contributed by atoms with van der Waals surface area (Å²) in [5.74, 6) is -3.33. The first-order chi connectivity index (χ1) is 16.0. The number of nitrogens with zero attached hydrogens (tertiary/aromatic N) is 1. The van der Waals surface area contributed by atoms with Crippen LogP contribution in [0.25, 0.3) is 0 Å². The minimum atomic E-state index is -4.53. The third kappa shape index (κ3) is 7.02. The third-order valence-corrected chi connectivity index (χ3v) is 4.97. The summed E-state index contributed by atoms with van der Waals surface area (Å²) in [4.78, 5) is 47.4. The van der Waals surface area contributed by atoms with Crippen LogP contribution >= 0.6 is 0 Å². The Hall–Kier alpha value is -3.96. The highest BCUT2D eigenvalue weighted by atomic mass is 19.4. The lowest BCUT2D eigenvalue weighted by molar-refractivity contribution is -0.384. The number of nitro groups is 1. The summed E-state index contributed by atoms with van der Waals surface area (Å²) >= 11 is 0. The number of hydrogen-bond acceptors (Lipinski definition) is 7. The number of hydrogen-bond donors (Lipinski definition) is 1. The molecule has 0 spiro atoms. The Morgan fingerprint density at radius 3 is 2.06 bits per heavy atom. The molecular formula is C22H21F3N2O7. The first-order valence-corrected chi connectivity index (χ1v) is 9.80. The Bertz CT molecular complexity index is 1040. The van der Waals surface area contributed by atoms with Crippen molar-refractivity contribution in [2.24, 2.45) is 0 Å². The predicted octanol–water partition coefficient (Wildman–Crippen LogP) is 3.16. The summed E-state index contributed by atoms with van der Waals surface area (Å²) in [6.07, 6.45) is -5.24. The largest absolute Gasteiger partial charge is 0.469 e. The van der Waals surface area contributed by atoms with Crippen molar-refractivity contribution in [3.63, 3.8) is 0 Å². The van der Waals surface area contributed by atoms with Crippen molar-refractivity contribution < 1.29 is 42.0 Å². The molecule has 0 aliphatic heterocycles. The van der Waals surface area contributed by atoms with E-state index in [0.29, 0.717) is 5.56 Å². The van der Waals surface area contributed by atoms with Gasteiger partial charge in [0.05, 0.1) is 37.5 Å². The van der Waals surface area contributed by atoms with Crippen molar-refractivity contribution >= 4 is 23.5 Å². The summed E-state index contributed by atoms with van der Waals surface area (Å²) < 4.78 is 47.6. The Morgan fingerprint density at radius 1 is 1.00 bits per heavy atom. The quantitative estimate of drug-likeness (QED) is 0.331. The Morgan fingerprint density at radius 2 is 1.59 bits per heavy atom. The van der Waals surface area contributed by atoms with Gasteiger partial charge in [-0.2, -0.15) is 13.2 Å². The van der Waals surface area contributed by atoms with E-state index in [9.17, 15) is 37.7 Å². The first kappa shape index (κ1) is 26.3. The van der Waals surface area contributed by atoms with Gasteiger partial charge in [-0.25, -0.2) is 4.79 Å². The van der Waals surface area contributed by atoms with E-state index in [0.717, 1.165) is 38.5 Å². The standard InChI is InChI=1S/C22H21F3N2O7/c1-33-19(29)12-17(14-5-9-16(10-6-14)27(31)32)20(21(30)34-2)26-18(28)11-13-3-7-15(8-4-13)22(23,24)25/h3-10,17,20H,11-12H2,1-2H3,(H,26,28)/t17-,20+/m0/s1. The van der Waals surface area contributed by atoms with E-state index in [2.05, 4.69) is 10.1 Å². The van der Waals surface area contributed by atoms with E-state index in [4.69, 9.17) is 4.74 Å². The number of methoxy groups -OCH3 is 2. The van der Waals surface area contributed by atoms with Gasteiger partial charge in [0, 0.05) is 18.1 Å². The molecule has 1 N–H and O–H groups in total. The molecule has 0 radical (unpaired) electrons. The van der Waals surface area contributed by atoms with Crippen LogP contribution in [0.4, 0.5) is 18.9 Å². The first-order valence-electron chi connectivity index (χ1n) is 9.80. The smallest absolute Gasteiger partial charge is 0.416 e. The lowest BCUT2D eigenvalue weighted by atomic mass is 9.88. The molecule has 1 amide bonds. The normalized spacial score (nSPS) is 12.9. The third-order valence-electron chi connectivity index (χ3n) is 4.97. The van der Waals surface area contributed by atoms with Gasteiger partial charge in [-0.3, -0.25) is 19.7 Å². The van der Waals surface area contributed by atoms with Gasteiger partial charge in [0.1, 0.15) is 6.04 Å². The van der Waals surface area contributed by atoms with Crippen molar-refractivity contribution in [3.8, 4) is 0 Å². The highest BCUT2D eigenvalue weighted by Gasteiger charge is 2.34. The second-order valence-electron chi connectivity index (χ2n) is 7.18. The fraction of sp³-hybridized carbons (Fsp3) is 0.318. The predicted molar refractivity (Wildman–Crippen MR) is 112 cm³/mol. The lowest BCUT2D eigenvalue weighted by Crippen LogP contribution is -2.46. The zero-order valence-electron chi connectivity index (χ0n) is 18.1. The summed E-state index contributed by atoms with van der Waals surface area (Å²) in [6.45, 7) is 0. The molecule has 0 unspecified atom stereocenters. The number of halogens is 3. The highest BCUT2D eigenvalue weighted by Crippen LogP contribution is 2.30. The van der Waals surface area contributed by atoms with Crippen LogP contribution in [0.1, 0.15) is 29.0 Å². The van der Waals surface area contributed by atoms with Crippen LogP contribution in [0.3, 0.4) is 0 Å². The van der Waals surface area contributed by atoms with Gasteiger partial charge in [0.2, 0.25) is 5.91 Å². The molecule has 12 heteroatoms. The molecule has 0 fully saturated rings. The van der Waals surface area contributed by atoms with Crippen LogP contribution in [0, 0.1) is 10.1 Å². The number of carbonyl (C=O) groups excluding carboxylic acids is 3. The van der Waals surface area contributed by atoms with Crippen LogP contribution in [0.5, 0.6) is 0 Å². The van der Waals surface area contributed by atoms with Crippen molar-refractivity contribution in [3.05, 3.63) is 75.3 Å². The van der Waals surface area contributed by atoms with Crippen LogP contribution in [0.2, 0.25) is 0 Å². The number of nitrogens with one attached hydrogen (secondary N) is 1. The van der Waals surface area contributed by atoms with E-state index >= 15 is 0 Å². The summed E-state index contributed by atoms with van der Waals surface area (Å²) in [7, 11) is 2.20. The van der Waals surface area contributed by atoms with Gasteiger partial charge in [-0.05, 0) is 23.3 Å². The fourth-order valence-corrected chi connectivity index (χ4v) is 3.21. The van der Waals surface area contributed by atoms with Crippen LogP contribution in [-0.4, -0.2) is 43.0 Å². The summed E-state index contributed by atoms with van der Waals surface area (Å²) in [5.41, 5.74) is -0.517. The summed E-state index contributed by atoms with van der Waals surface area (Å²) in [5, 5.41) is 13.4. The van der Waals surface area contributed by atoms with Gasteiger partial charge in [0.25, 0.3) is 5.69 Å². The molecule has 0 aliphatic carbocycles. The second-order valence-corrected chi connectivity index (χ2v) is 7.18. The van der Waals surface area contributed by atoms with E-state index < -0.39 is 46.5 Å². The maximum Gasteiger partial charge on any atom is 0.416 e. The maximum absolute atomic E-state index is 12.7. The van der Waals surface area contributed by atoms with Gasteiger partial charge in [-0.1, -0.05) is 24.3 Å². The van der Waals surface area contributed by atoms with E-state index in [1.54, 1.807) is 0 Å². The SMILES string of the molecule is COC(=O)C[C@@H](c1ccc([N+](=O)[O-])cc1)[C@@H](NC(=O)Cc1ccc(C(F)(F)F)cc1)C(=O)OC. The minimum Gasteiger partial charge on any atom is -0.469 e. The molecule has 0 saturated heterocycles. The number of benzene rings is 2. The lowest BCUT2D eigenvalue weighted by Gasteiger charge is -2.26. The second kappa shape index (κ2) is 11.3. The molecule has 34 heavy (non-hydrogen) atoms. The van der Waals surface area contributed by atoms with Gasteiger partial charge >= 0.3 is 18.1 Å². The number of non-ortho nitro benzene ring substituents is 1. The molecule has 2 aromatic rings. The molecule has 0 aliphatic rings. The monoisotopic (exact) mass is 482 g/mol. The van der Waals surface area contributed by atoms with Crippen molar-refractivity contribution in [2.75, 3.05) is 14.2 Å². The maximum atomic E-state index is 12.7. The average molecular weight is 482 g/mol. The molecule has 0 bridgehead atoms. The van der Waals surface area contributed by atoms with Gasteiger partial charge < -0.3 is 14.8 Å². The molecule has 9 nitrogen and oxygen atoms in total. The number of esters is 2. The van der Waals surface area contributed by atoms with Crippen molar-refractivity contribution in [1.82, 2.24) is 5.32 Å². The zero-order valence-corrected chi connectivity index (χ0v) is 18.1. The zero-order chi connectivity index (χ0) is 25.5. The minimum absolute atomic E-state index is 0.221. The fourth-order valence-electron chi connectivity index (χ4n) is 3.21. The molecule has 0 saturated carbocycles. The molecule has 0 heterocycles. The van der Waals surface area contributed by atoms with E-state index in [-0.39, 0.29) is 24.1 Å². The van der Waals surface area contributed by atoms with Gasteiger partial charge in [0.15, 0.2) is 0 Å². The Kier molecular flexibility index (Phi) is 8.70. The number of rotatable bonds is 9.